The zero-order valence-electron chi connectivity index (χ0n) is 15.2. The Labute approximate surface area is 149 Å². The molecule has 1 atom stereocenters. The van der Waals surface area contributed by atoms with Gasteiger partial charge in [0.15, 0.2) is 0 Å². The number of ether oxygens (including phenoxy) is 1. The van der Waals surface area contributed by atoms with Gasteiger partial charge in [0.05, 0.1) is 11.3 Å². The van der Waals surface area contributed by atoms with Crippen molar-refractivity contribution in [2.75, 3.05) is 19.8 Å². The molecule has 0 aromatic heterocycles. The number of hydrogen-bond donors (Lipinski definition) is 2. The molecule has 1 aliphatic carbocycles. The molecule has 2 rings (SSSR count). The fourth-order valence-corrected chi connectivity index (χ4v) is 3.38. The Hall–Kier alpha value is -1.88. The number of rotatable bonds is 10. The number of benzene rings is 1. The molecule has 2 N–H and O–H groups in total. The molecule has 1 amide bonds. The third-order valence-corrected chi connectivity index (χ3v) is 5.14. The molecule has 1 fully saturated rings. The lowest BCUT2D eigenvalue weighted by molar-refractivity contribution is -0.142. The molecule has 5 nitrogen and oxygen atoms in total. The lowest BCUT2D eigenvalue weighted by atomic mass is 9.66. The topological polar surface area (TPSA) is 75.6 Å². The van der Waals surface area contributed by atoms with Gasteiger partial charge in [0.25, 0.3) is 0 Å². The van der Waals surface area contributed by atoms with Gasteiger partial charge in [-0.3, -0.25) is 9.59 Å². The van der Waals surface area contributed by atoms with Crippen molar-refractivity contribution in [2.24, 2.45) is 11.3 Å². The minimum absolute atomic E-state index is 0.0195. The summed E-state index contributed by atoms with van der Waals surface area (Å²) in [5.74, 6) is -1.51. The van der Waals surface area contributed by atoms with E-state index in [0.29, 0.717) is 26.1 Å². The van der Waals surface area contributed by atoms with Gasteiger partial charge in [0.1, 0.15) is 0 Å². The van der Waals surface area contributed by atoms with Crippen LogP contribution in [0.2, 0.25) is 0 Å². The van der Waals surface area contributed by atoms with Gasteiger partial charge in [0, 0.05) is 19.8 Å². The van der Waals surface area contributed by atoms with Crippen molar-refractivity contribution in [1.82, 2.24) is 5.32 Å². The number of carboxylic acid groups (broad SMARTS) is 1. The lowest BCUT2D eigenvalue weighted by Gasteiger charge is -2.40. The molecule has 0 radical (unpaired) electrons. The Morgan fingerprint density at radius 2 is 2.12 bits per heavy atom. The monoisotopic (exact) mass is 347 g/mol. The number of carbonyl (C=O) groups excluding carboxylic acids is 1. The molecule has 0 bridgehead atoms. The maximum Gasteiger partial charge on any atom is 0.308 e. The molecule has 5 heteroatoms. The Bertz CT molecular complexity index is 595. The minimum Gasteiger partial charge on any atom is -0.481 e. The molecule has 1 aliphatic rings. The molecular formula is C20H29NO4. The number of hydrogen-bond acceptors (Lipinski definition) is 3. The highest BCUT2D eigenvalue weighted by atomic mass is 16.5. The number of aliphatic carboxylic acids is 1. The van der Waals surface area contributed by atoms with E-state index in [1.165, 1.54) is 0 Å². The normalized spacial score (nSPS) is 16.7. The van der Waals surface area contributed by atoms with Crippen molar-refractivity contribution in [2.45, 2.75) is 46.0 Å². The summed E-state index contributed by atoms with van der Waals surface area (Å²) in [4.78, 5) is 24.2. The summed E-state index contributed by atoms with van der Waals surface area (Å²) < 4.78 is 5.39. The van der Waals surface area contributed by atoms with Crippen LogP contribution in [-0.2, 0) is 20.7 Å². The molecule has 0 aliphatic heterocycles. The third kappa shape index (κ3) is 5.30. The SMILES string of the molecule is CCOCCC1(C(=O)NCC(Cc2cccc(C)c2)C(=O)O)CCC1. The lowest BCUT2D eigenvalue weighted by Crippen LogP contribution is -2.48. The predicted molar refractivity (Wildman–Crippen MR) is 96.4 cm³/mol. The van der Waals surface area contributed by atoms with Crippen LogP contribution in [0.3, 0.4) is 0 Å². The van der Waals surface area contributed by atoms with Gasteiger partial charge in [-0.15, -0.1) is 0 Å². The summed E-state index contributed by atoms with van der Waals surface area (Å²) in [6.45, 7) is 5.32. The minimum atomic E-state index is -0.876. The van der Waals surface area contributed by atoms with E-state index >= 15 is 0 Å². The van der Waals surface area contributed by atoms with Gasteiger partial charge in [-0.05, 0) is 45.1 Å². The number of amides is 1. The van der Waals surface area contributed by atoms with E-state index < -0.39 is 11.9 Å². The van der Waals surface area contributed by atoms with Crippen molar-refractivity contribution in [3.63, 3.8) is 0 Å². The van der Waals surface area contributed by atoms with Crippen LogP contribution < -0.4 is 5.32 Å². The van der Waals surface area contributed by atoms with Gasteiger partial charge in [-0.2, -0.15) is 0 Å². The number of nitrogens with one attached hydrogen (secondary N) is 1. The van der Waals surface area contributed by atoms with Gasteiger partial charge in [-0.1, -0.05) is 36.2 Å². The predicted octanol–water partition coefficient (Wildman–Crippen LogP) is 2.95. The van der Waals surface area contributed by atoms with E-state index in [9.17, 15) is 14.7 Å². The van der Waals surface area contributed by atoms with E-state index in [-0.39, 0.29) is 17.9 Å². The summed E-state index contributed by atoms with van der Waals surface area (Å²) >= 11 is 0. The van der Waals surface area contributed by atoms with E-state index in [1.54, 1.807) is 0 Å². The van der Waals surface area contributed by atoms with Crippen molar-refractivity contribution in [3.8, 4) is 0 Å². The summed E-state index contributed by atoms with van der Waals surface area (Å²) in [6.07, 6.45) is 3.90. The zero-order chi connectivity index (χ0) is 18.3. The molecule has 1 saturated carbocycles. The quantitative estimate of drug-likeness (QED) is 0.638. The summed E-state index contributed by atoms with van der Waals surface area (Å²) in [7, 11) is 0. The molecule has 25 heavy (non-hydrogen) atoms. The standard InChI is InChI=1S/C20H29NO4/c1-3-25-11-10-20(8-5-9-20)19(24)21-14-17(18(22)23)13-16-7-4-6-15(2)12-16/h4,6-7,12,17H,3,5,8-11,13-14H2,1-2H3,(H,21,24)(H,22,23). The first kappa shape index (κ1) is 19.4. The second-order valence-electron chi connectivity index (χ2n) is 7.02. The number of carboxylic acids is 1. The van der Waals surface area contributed by atoms with Crippen molar-refractivity contribution >= 4 is 11.9 Å². The smallest absolute Gasteiger partial charge is 0.308 e. The Balaban J connectivity index is 1.91. The van der Waals surface area contributed by atoms with Crippen molar-refractivity contribution in [1.29, 1.82) is 0 Å². The first-order valence-electron chi connectivity index (χ1n) is 9.11. The molecule has 0 spiro atoms. The van der Waals surface area contributed by atoms with E-state index in [0.717, 1.165) is 30.4 Å². The molecule has 1 aromatic carbocycles. The maximum absolute atomic E-state index is 12.6. The summed E-state index contributed by atoms with van der Waals surface area (Å²) in [5.41, 5.74) is 1.73. The van der Waals surface area contributed by atoms with Crippen LogP contribution in [-0.4, -0.2) is 36.7 Å². The van der Waals surface area contributed by atoms with E-state index in [2.05, 4.69) is 5.32 Å². The molecule has 1 aromatic rings. The highest BCUT2D eigenvalue weighted by molar-refractivity contribution is 5.84. The highest BCUT2D eigenvalue weighted by Gasteiger charge is 2.43. The number of carbonyl (C=O) groups is 2. The van der Waals surface area contributed by atoms with Crippen LogP contribution in [0.25, 0.3) is 0 Å². The number of aryl methyl sites for hydroxylation is 1. The second-order valence-corrected chi connectivity index (χ2v) is 7.02. The van der Waals surface area contributed by atoms with Crippen LogP contribution in [0.15, 0.2) is 24.3 Å². The van der Waals surface area contributed by atoms with Crippen molar-refractivity contribution in [3.05, 3.63) is 35.4 Å². The Morgan fingerprint density at radius 1 is 1.36 bits per heavy atom. The van der Waals surface area contributed by atoms with E-state index in [1.807, 2.05) is 38.1 Å². The summed E-state index contributed by atoms with van der Waals surface area (Å²) in [5, 5.41) is 12.4. The van der Waals surface area contributed by atoms with Crippen LogP contribution in [0.4, 0.5) is 0 Å². The second kappa shape index (κ2) is 8.99. The largest absolute Gasteiger partial charge is 0.481 e. The third-order valence-electron chi connectivity index (χ3n) is 5.14. The van der Waals surface area contributed by atoms with Gasteiger partial charge >= 0.3 is 5.97 Å². The highest BCUT2D eigenvalue weighted by Crippen LogP contribution is 2.44. The molecule has 1 unspecified atom stereocenters. The zero-order valence-corrected chi connectivity index (χ0v) is 15.2. The van der Waals surface area contributed by atoms with Crippen molar-refractivity contribution < 1.29 is 19.4 Å². The summed E-state index contributed by atoms with van der Waals surface area (Å²) in [6, 6.07) is 7.84. The molecular weight excluding hydrogens is 318 g/mol. The van der Waals surface area contributed by atoms with Crippen LogP contribution in [0, 0.1) is 18.3 Å². The average Bonchev–Trinajstić information content (AvgIpc) is 2.53. The average molecular weight is 347 g/mol. The van der Waals surface area contributed by atoms with Crippen LogP contribution in [0.1, 0.15) is 43.7 Å². The van der Waals surface area contributed by atoms with Gasteiger partial charge in [0.2, 0.25) is 5.91 Å². The van der Waals surface area contributed by atoms with Gasteiger partial charge in [-0.25, -0.2) is 0 Å². The van der Waals surface area contributed by atoms with E-state index in [4.69, 9.17) is 4.74 Å². The van der Waals surface area contributed by atoms with Crippen LogP contribution in [0.5, 0.6) is 0 Å². The Morgan fingerprint density at radius 3 is 2.68 bits per heavy atom. The van der Waals surface area contributed by atoms with Crippen LogP contribution >= 0.6 is 0 Å². The Kier molecular flexibility index (Phi) is 7.00. The first-order valence-corrected chi connectivity index (χ1v) is 9.11. The molecule has 0 saturated heterocycles. The fourth-order valence-electron chi connectivity index (χ4n) is 3.38. The molecule has 0 heterocycles. The molecule has 138 valence electrons. The van der Waals surface area contributed by atoms with Gasteiger partial charge < -0.3 is 15.2 Å². The first-order chi connectivity index (χ1) is 12.0. The fraction of sp³-hybridized carbons (Fsp3) is 0.600. The maximum atomic E-state index is 12.6.